The van der Waals surface area contributed by atoms with Crippen molar-refractivity contribution in [2.24, 2.45) is 11.8 Å². The molecule has 2 aromatic rings. The lowest BCUT2D eigenvalue weighted by molar-refractivity contribution is -0.224. The molecule has 1 aliphatic carbocycles. The summed E-state index contributed by atoms with van der Waals surface area (Å²) >= 11 is 0. The molecular formula is C15H14F6N2. The molecule has 0 aromatic carbocycles. The number of pyridine rings is 1. The van der Waals surface area contributed by atoms with E-state index in [0.717, 1.165) is 0 Å². The number of aromatic nitrogens is 2. The van der Waals surface area contributed by atoms with Crippen LogP contribution >= 0.6 is 0 Å². The Morgan fingerprint density at radius 3 is 2.04 bits per heavy atom. The van der Waals surface area contributed by atoms with Gasteiger partial charge >= 0.3 is 12.4 Å². The molecule has 23 heavy (non-hydrogen) atoms. The van der Waals surface area contributed by atoms with Crippen LogP contribution in [0, 0.1) is 11.8 Å². The van der Waals surface area contributed by atoms with Crippen LogP contribution in [0.1, 0.15) is 30.9 Å². The minimum Gasteiger partial charge on any atom is -0.307 e. The number of imidazole rings is 1. The van der Waals surface area contributed by atoms with E-state index < -0.39 is 36.5 Å². The third kappa shape index (κ3) is 3.30. The Labute approximate surface area is 128 Å². The predicted molar refractivity (Wildman–Crippen MR) is 70.9 cm³/mol. The Kier molecular flexibility index (Phi) is 3.80. The van der Waals surface area contributed by atoms with E-state index >= 15 is 0 Å². The van der Waals surface area contributed by atoms with Crippen molar-refractivity contribution in [3.8, 4) is 0 Å². The summed E-state index contributed by atoms with van der Waals surface area (Å²) in [6.07, 6.45) is -7.65. The summed E-state index contributed by atoms with van der Waals surface area (Å²) < 4.78 is 79.6. The van der Waals surface area contributed by atoms with E-state index in [9.17, 15) is 26.3 Å². The molecule has 3 rings (SSSR count). The van der Waals surface area contributed by atoms with Crippen LogP contribution in [0.2, 0.25) is 0 Å². The lowest BCUT2D eigenvalue weighted by atomic mass is 9.73. The quantitative estimate of drug-likeness (QED) is 0.673. The Morgan fingerprint density at radius 2 is 1.52 bits per heavy atom. The summed E-state index contributed by atoms with van der Waals surface area (Å²) in [4.78, 5) is 4.20. The maximum Gasteiger partial charge on any atom is 0.391 e. The van der Waals surface area contributed by atoms with E-state index in [1.165, 1.54) is 6.20 Å². The number of fused-ring (bicyclic) bond motifs is 1. The summed E-state index contributed by atoms with van der Waals surface area (Å²) in [7, 11) is 0. The molecule has 0 radical (unpaired) electrons. The zero-order valence-electron chi connectivity index (χ0n) is 11.9. The number of nitrogens with zero attached hydrogens (tertiary/aromatic N) is 2. The van der Waals surface area contributed by atoms with E-state index in [4.69, 9.17) is 0 Å². The van der Waals surface area contributed by atoms with E-state index in [0.29, 0.717) is 11.3 Å². The van der Waals surface area contributed by atoms with E-state index in [-0.39, 0.29) is 12.8 Å². The summed E-state index contributed by atoms with van der Waals surface area (Å²) in [5, 5.41) is 0. The number of hydrogen-bond donors (Lipinski definition) is 0. The van der Waals surface area contributed by atoms with Crippen LogP contribution in [0.15, 0.2) is 30.6 Å². The third-order valence-electron chi connectivity index (χ3n) is 4.43. The van der Waals surface area contributed by atoms with Gasteiger partial charge in [-0.3, -0.25) is 0 Å². The topological polar surface area (TPSA) is 17.3 Å². The monoisotopic (exact) mass is 336 g/mol. The molecule has 2 aromatic heterocycles. The lowest BCUT2D eigenvalue weighted by Crippen LogP contribution is -2.37. The zero-order valence-corrected chi connectivity index (χ0v) is 11.9. The summed E-state index contributed by atoms with van der Waals surface area (Å²) in [6.45, 7) is 0. The van der Waals surface area contributed by atoms with Gasteiger partial charge in [0.2, 0.25) is 0 Å². The van der Waals surface area contributed by atoms with Crippen molar-refractivity contribution in [1.82, 2.24) is 9.38 Å². The average Bonchev–Trinajstić information content (AvgIpc) is 2.89. The second-order valence-electron chi connectivity index (χ2n) is 6.01. The molecule has 0 spiro atoms. The van der Waals surface area contributed by atoms with Gasteiger partial charge in [0.15, 0.2) is 0 Å². The standard InChI is InChI=1S/C15H14F6N2/c16-14(17,18)10-5-9(6-11(7-10)15(19,20)21)12-8-23-4-2-1-3-13(23)22-12/h1-4,8-11H,5-7H2. The highest BCUT2D eigenvalue weighted by molar-refractivity contribution is 5.40. The first-order valence-electron chi connectivity index (χ1n) is 7.21. The SMILES string of the molecule is FC(F)(F)C1CC(c2cn3ccccc3n2)CC(C(F)(F)F)C1. The molecule has 2 nitrogen and oxygen atoms in total. The number of hydrogen-bond acceptors (Lipinski definition) is 1. The first kappa shape index (κ1) is 16.1. The van der Waals surface area contributed by atoms with Crippen LogP contribution in [0.5, 0.6) is 0 Å². The fourth-order valence-electron chi connectivity index (χ4n) is 3.25. The first-order valence-corrected chi connectivity index (χ1v) is 7.21. The molecular weight excluding hydrogens is 322 g/mol. The van der Waals surface area contributed by atoms with Crippen molar-refractivity contribution >= 4 is 5.65 Å². The molecule has 0 aliphatic heterocycles. The van der Waals surface area contributed by atoms with Gasteiger partial charge in [0, 0.05) is 18.3 Å². The normalized spacial score (nSPS) is 26.6. The molecule has 8 heteroatoms. The van der Waals surface area contributed by atoms with Crippen LogP contribution < -0.4 is 0 Å². The maximum absolute atomic E-state index is 13.0. The molecule has 2 atom stereocenters. The summed E-state index contributed by atoms with van der Waals surface area (Å²) in [5.41, 5.74) is 0.805. The minimum atomic E-state index is -4.62. The van der Waals surface area contributed by atoms with Crippen molar-refractivity contribution in [2.75, 3.05) is 0 Å². The molecule has 126 valence electrons. The largest absolute Gasteiger partial charge is 0.391 e. The van der Waals surface area contributed by atoms with E-state index in [1.54, 1.807) is 28.8 Å². The van der Waals surface area contributed by atoms with Crippen molar-refractivity contribution in [3.05, 3.63) is 36.3 Å². The van der Waals surface area contributed by atoms with Gasteiger partial charge in [-0.25, -0.2) is 4.98 Å². The molecule has 1 aliphatic rings. The Morgan fingerprint density at radius 1 is 0.913 bits per heavy atom. The molecule has 2 heterocycles. The van der Waals surface area contributed by atoms with Gasteiger partial charge in [0.1, 0.15) is 5.65 Å². The Balaban J connectivity index is 1.93. The van der Waals surface area contributed by atoms with Gasteiger partial charge in [-0.15, -0.1) is 0 Å². The fraction of sp³-hybridized carbons (Fsp3) is 0.533. The van der Waals surface area contributed by atoms with Crippen molar-refractivity contribution in [3.63, 3.8) is 0 Å². The molecule has 0 N–H and O–H groups in total. The van der Waals surface area contributed by atoms with Crippen molar-refractivity contribution in [1.29, 1.82) is 0 Å². The molecule has 0 bridgehead atoms. The smallest absolute Gasteiger partial charge is 0.307 e. The Bertz CT molecular complexity index is 632. The number of halogens is 6. The molecule has 2 unspecified atom stereocenters. The first-order chi connectivity index (χ1) is 10.6. The lowest BCUT2D eigenvalue weighted by Gasteiger charge is -2.36. The molecule has 0 amide bonds. The van der Waals surface area contributed by atoms with Crippen LogP contribution in [0.4, 0.5) is 26.3 Å². The highest BCUT2D eigenvalue weighted by Crippen LogP contribution is 2.50. The average molecular weight is 336 g/mol. The number of alkyl halides is 6. The van der Waals surface area contributed by atoms with Gasteiger partial charge in [0.25, 0.3) is 0 Å². The van der Waals surface area contributed by atoms with Gasteiger partial charge < -0.3 is 4.40 Å². The van der Waals surface area contributed by atoms with Crippen LogP contribution in [0.3, 0.4) is 0 Å². The summed E-state index contributed by atoms with van der Waals surface area (Å²) in [5.74, 6) is -4.74. The van der Waals surface area contributed by atoms with Crippen molar-refractivity contribution in [2.45, 2.75) is 37.5 Å². The Hall–Kier alpha value is -1.73. The maximum atomic E-state index is 13.0. The van der Waals surface area contributed by atoms with Gasteiger partial charge in [-0.2, -0.15) is 26.3 Å². The highest BCUT2D eigenvalue weighted by Gasteiger charge is 2.52. The summed E-state index contributed by atoms with van der Waals surface area (Å²) in [6, 6.07) is 5.09. The molecule has 0 saturated heterocycles. The van der Waals surface area contributed by atoms with Gasteiger partial charge in [-0.05, 0) is 31.4 Å². The second-order valence-corrected chi connectivity index (χ2v) is 6.01. The number of rotatable bonds is 1. The van der Waals surface area contributed by atoms with Crippen LogP contribution in [-0.2, 0) is 0 Å². The van der Waals surface area contributed by atoms with Crippen molar-refractivity contribution < 1.29 is 26.3 Å². The zero-order chi connectivity index (χ0) is 16.8. The van der Waals surface area contributed by atoms with Crippen LogP contribution in [-0.4, -0.2) is 21.7 Å². The second kappa shape index (κ2) is 5.42. The predicted octanol–water partition coefficient (Wildman–Crippen LogP) is 4.96. The molecule has 1 fully saturated rings. The van der Waals surface area contributed by atoms with Crippen LogP contribution in [0.25, 0.3) is 5.65 Å². The minimum absolute atomic E-state index is 0.291. The fourth-order valence-corrected chi connectivity index (χ4v) is 3.25. The van der Waals surface area contributed by atoms with Gasteiger partial charge in [0.05, 0.1) is 17.5 Å². The van der Waals surface area contributed by atoms with E-state index in [2.05, 4.69) is 4.98 Å². The van der Waals surface area contributed by atoms with Gasteiger partial charge in [-0.1, -0.05) is 6.07 Å². The third-order valence-corrected chi connectivity index (χ3v) is 4.43. The molecule has 1 saturated carbocycles. The van der Waals surface area contributed by atoms with E-state index in [1.807, 2.05) is 0 Å². The highest BCUT2D eigenvalue weighted by atomic mass is 19.4.